The molecule has 6 nitrogen and oxygen atoms in total. The summed E-state index contributed by atoms with van der Waals surface area (Å²) in [4.78, 5) is 29.2. The van der Waals surface area contributed by atoms with Crippen LogP contribution in [0.3, 0.4) is 0 Å². The van der Waals surface area contributed by atoms with Gasteiger partial charge in [-0.15, -0.1) is 0 Å². The molecule has 3 aromatic rings. The molecule has 1 heterocycles. The SMILES string of the molecule is CCCCc1nc(Cl)c(CNC(=O)C(CS)CC(C)C)n1Cc1ccc(C(=O)O)c2ccccc12. The standard InChI is InChI=1S/C27H34ClN3O3S/c1-4-5-10-24-30-25(28)23(14-29-26(32)19(16-35)13-17(2)3)31(24)15-18-11-12-22(27(33)34)21-9-7-6-8-20(18)21/h6-9,11-12,17,19,35H,4-5,10,13-16H2,1-3H3,(H,29,32)(H,33,34). The number of nitrogens with zero attached hydrogens (tertiary/aromatic N) is 2. The Kier molecular flexibility index (Phi) is 9.63. The molecule has 0 saturated carbocycles. The van der Waals surface area contributed by atoms with Gasteiger partial charge in [0.1, 0.15) is 5.82 Å². The van der Waals surface area contributed by atoms with E-state index in [1.807, 2.05) is 30.3 Å². The molecule has 1 atom stereocenters. The molecular weight excluding hydrogens is 482 g/mol. The van der Waals surface area contributed by atoms with Gasteiger partial charge in [0.25, 0.3) is 0 Å². The van der Waals surface area contributed by atoms with E-state index in [-0.39, 0.29) is 23.9 Å². The van der Waals surface area contributed by atoms with E-state index in [9.17, 15) is 14.7 Å². The minimum atomic E-state index is -0.953. The topological polar surface area (TPSA) is 84.2 Å². The van der Waals surface area contributed by atoms with Crippen molar-refractivity contribution in [2.75, 3.05) is 5.75 Å². The number of aromatic nitrogens is 2. The Bertz CT molecular complexity index is 1190. The number of carbonyl (C=O) groups is 2. The fourth-order valence-electron chi connectivity index (χ4n) is 4.39. The second-order valence-electron chi connectivity index (χ2n) is 9.31. The van der Waals surface area contributed by atoms with E-state index in [1.165, 1.54) is 0 Å². The summed E-state index contributed by atoms with van der Waals surface area (Å²) in [5.74, 6) is 0.589. The molecule has 0 aliphatic heterocycles. The van der Waals surface area contributed by atoms with Crippen LogP contribution in [0.4, 0.5) is 0 Å². The number of carboxylic acids is 1. The highest BCUT2D eigenvalue weighted by Gasteiger charge is 2.22. The van der Waals surface area contributed by atoms with Gasteiger partial charge in [-0.2, -0.15) is 12.6 Å². The first-order valence-corrected chi connectivity index (χ1v) is 13.1. The number of fused-ring (bicyclic) bond motifs is 1. The normalized spacial score (nSPS) is 12.3. The average Bonchev–Trinajstić information content (AvgIpc) is 3.13. The van der Waals surface area contributed by atoms with Gasteiger partial charge in [0.15, 0.2) is 5.15 Å². The van der Waals surface area contributed by atoms with Crippen LogP contribution in [0.5, 0.6) is 0 Å². The van der Waals surface area contributed by atoms with Crippen LogP contribution in [0.15, 0.2) is 36.4 Å². The van der Waals surface area contributed by atoms with E-state index in [4.69, 9.17) is 11.6 Å². The molecule has 2 N–H and O–H groups in total. The number of amides is 1. The summed E-state index contributed by atoms with van der Waals surface area (Å²) in [5.41, 5.74) is 1.99. The monoisotopic (exact) mass is 515 g/mol. The van der Waals surface area contributed by atoms with Crippen LogP contribution >= 0.6 is 24.2 Å². The Morgan fingerprint density at radius 2 is 1.89 bits per heavy atom. The van der Waals surface area contributed by atoms with Gasteiger partial charge in [0.05, 0.1) is 17.8 Å². The molecule has 0 spiro atoms. The van der Waals surface area contributed by atoms with Gasteiger partial charge < -0.3 is 15.0 Å². The summed E-state index contributed by atoms with van der Waals surface area (Å²) < 4.78 is 2.07. The highest BCUT2D eigenvalue weighted by Crippen LogP contribution is 2.27. The molecule has 0 bridgehead atoms. The highest BCUT2D eigenvalue weighted by atomic mass is 35.5. The second-order valence-corrected chi connectivity index (χ2v) is 10.0. The van der Waals surface area contributed by atoms with Crippen molar-refractivity contribution < 1.29 is 14.7 Å². The molecule has 1 aromatic heterocycles. The summed E-state index contributed by atoms with van der Waals surface area (Å²) >= 11 is 11.0. The number of benzene rings is 2. The maximum atomic E-state index is 12.8. The zero-order valence-corrected chi connectivity index (χ0v) is 22.2. The minimum absolute atomic E-state index is 0.0381. The number of nitrogens with one attached hydrogen (secondary N) is 1. The minimum Gasteiger partial charge on any atom is -0.478 e. The van der Waals surface area contributed by atoms with Crippen LogP contribution in [0, 0.1) is 11.8 Å². The Balaban J connectivity index is 1.96. The van der Waals surface area contributed by atoms with Gasteiger partial charge in [-0.3, -0.25) is 4.79 Å². The molecule has 188 valence electrons. The molecular formula is C27H34ClN3O3S. The van der Waals surface area contributed by atoms with Crippen molar-refractivity contribution >= 4 is 46.9 Å². The van der Waals surface area contributed by atoms with E-state index in [0.717, 1.165) is 48.2 Å². The first-order valence-electron chi connectivity index (χ1n) is 12.1. The fraction of sp³-hybridized carbons (Fsp3) is 0.444. The lowest BCUT2D eigenvalue weighted by atomic mass is 9.98. The zero-order chi connectivity index (χ0) is 25.5. The maximum absolute atomic E-state index is 12.8. The van der Waals surface area contributed by atoms with Crippen molar-refractivity contribution in [3.05, 3.63) is 64.2 Å². The molecule has 1 amide bonds. The van der Waals surface area contributed by atoms with Crippen molar-refractivity contribution in [2.24, 2.45) is 11.8 Å². The van der Waals surface area contributed by atoms with Crippen molar-refractivity contribution in [1.29, 1.82) is 0 Å². The van der Waals surface area contributed by atoms with Crippen LogP contribution in [-0.4, -0.2) is 32.3 Å². The van der Waals surface area contributed by atoms with Crippen LogP contribution in [0.1, 0.15) is 67.5 Å². The molecule has 8 heteroatoms. The number of thiol groups is 1. The van der Waals surface area contributed by atoms with Gasteiger partial charge in [0, 0.05) is 24.6 Å². The quantitative estimate of drug-likeness (QED) is 0.259. The molecule has 0 aliphatic carbocycles. The third-order valence-electron chi connectivity index (χ3n) is 6.21. The highest BCUT2D eigenvalue weighted by molar-refractivity contribution is 7.80. The average molecular weight is 516 g/mol. The zero-order valence-electron chi connectivity index (χ0n) is 20.6. The molecule has 35 heavy (non-hydrogen) atoms. The fourth-order valence-corrected chi connectivity index (χ4v) is 4.97. The summed E-state index contributed by atoms with van der Waals surface area (Å²) in [6.45, 7) is 7.06. The summed E-state index contributed by atoms with van der Waals surface area (Å²) in [7, 11) is 0. The first kappa shape index (κ1) is 27.1. The smallest absolute Gasteiger partial charge is 0.336 e. The third kappa shape index (κ3) is 6.58. The number of carbonyl (C=O) groups excluding carboxylic acids is 1. The lowest BCUT2D eigenvalue weighted by Crippen LogP contribution is -2.33. The Labute approximate surface area is 217 Å². The van der Waals surface area contributed by atoms with E-state index in [0.29, 0.717) is 28.8 Å². The van der Waals surface area contributed by atoms with Crippen LogP contribution in [-0.2, 0) is 24.3 Å². The van der Waals surface area contributed by atoms with Gasteiger partial charge in [-0.25, -0.2) is 9.78 Å². The first-order chi connectivity index (χ1) is 16.8. The molecule has 2 aromatic carbocycles. The van der Waals surface area contributed by atoms with E-state index >= 15 is 0 Å². The van der Waals surface area contributed by atoms with Gasteiger partial charge in [-0.05, 0) is 41.2 Å². The number of aromatic carboxylic acids is 1. The molecule has 0 saturated heterocycles. The number of hydrogen-bond donors (Lipinski definition) is 3. The summed E-state index contributed by atoms with van der Waals surface area (Å²) in [5, 5.41) is 14.6. The lowest BCUT2D eigenvalue weighted by molar-refractivity contribution is -0.124. The van der Waals surface area contributed by atoms with Crippen molar-refractivity contribution in [1.82, 2.24) is 14.9 Å². The lowest BCUT2D eigenvalue weighted by Gasteiger charge is -2.18. The van der Waals surface area contributed by atoms with E-state index in [1.54, 1.807) is 6.07 Å². The molecule has 0 radical (unpaired) electrons. The largest absolute Gasteiger partial charge is 0.478 e. The molecule has 0 fully saturated rings. The van der Waals surface area contributed by atoms with Crippen molar-refractivity contribution in [3.63, 3.8) is 0 Å². The number of rotatable bonds is 12. The predicted octanol–water partition coefficient (Wildman–Crippen LogP) is 5.99. The maximum Gasteiger partial charge on any atom is 0.336 e. The number of hydrogen-bond acceptors (Lipinski definition) is 4. The van der Waals surface area contributed by atoms with Crippen molar-refractivity contribution in [3.8, 4) is 0 Å². The van der Waals surface area contributed by atoms with Crippen LogP contribution < -0.4 is 5.32 Å². The van der Waals surface area contributed by atoms with Crippen LogP contribution in [0.25, 0.3) is 10.8 Å². The summed E-state index contributed by atoms with van der Waals surface area (Å²) in [6, 6.07) is 11.0. The van der Waals surface area contributed by atoms with Crippen molar-refractivity contribution in [2.45, 2.75) is 59.5 Å². The number of aryl methyl sites for hydroxylation is 1. The molecule has 1 unspecified atom stereocenters. The van der Waals surface area contributed by atoms with Gasteiger partial charge in [0.2, 0.25) is 5.91 Å². The Morgan fingerprint density at radius 3 is 2.51 bits per heavy atom. The summed E-state index contributed by atoms with van der Waals surface area (Å²) in [6.07, 6.45) is 3.52. The van der Waals surface area contributed by atoms with Gasteiger partial charge >= 0.3 is 5.97 Å². The molecule has 0 aliphatic rings. The Hall–Kier alpha value is -2.51. The second kappa shape index (κ2) is 12.5. The number of carboxylic acid groups (broad SMARTS) is 1. The molecule has 3 rings (SSSR count). The third-order valence-corrected chi connectivity index (χ3v) is 6.95. The Morgan fingerprint density at radius 1 is 1.17 bits per heavy atom. The van der Waals surface area contributed by atoms with E-state index < -0.39 is 5.97 Å². The number of halogens is 1. The predicted molar refractivity (Wildman–Crippen MR) is 145 cm³/mol. The van der Waals surface area contributed by atoms with Gasteiger partial charge in [-0.1, -0.05) is 69.1 Å². The van der Waals surface area contributed by atoms with Crippen LogP contribution in [0.2, 0.25) is 5.15 Å². The van der Waals surface area contributed by atoms with E-state index in [2.05, 4.69) is 48.3 Å². The number of unbranched alkanes of at least 4 members (excludes halogenated alkanes) is 1. The number of imidazole rings is 1.